The number of benzene rings is 3. The lowest BCUT2D eigenvalue weighted by molar-refractivity contribution is -0.384. The summed E-state index contributed by atoms with van der Waals surface area (Å²) in [6.45, 7) is 5.19. The maximum Gasteiger partial charge on any atom is 0.269 e. The number of para-hydroxylation sites is 1. The molecular weight excluding hydrogens is 490 g/mol. The van der Waals surface area contributed by atoms with E-state index in [9.17, 15) is 14.9 Å². The zero-order valence-electron chi connectivity index (χ0n) is 20.6. The van der Waals surface area contributed by atoms with Crippen LogP contribution in [-0.2, 0) is 11.4 Å². The first kappa shape index (κ1) is 26.0. The van der Waals surface area contributed by atoms with Crippen LogP contribution in [0.3, 0.4) is 0 Å². The number of carbonyl (C=O) groups excluding carboxylic acids is 1. The Balaban J connectivity index is 1.54. The second-order valence-corrected chi connectivity index (χ2v) is 9.16. The van der Waals surface area contributed by atoms with Gasteiger partial charge in [0.1, 0.15) is 6.61 Å². The first-order chi connectivity index (χ1) is 18.0. The molecule has 8 nitrogen and oxygen atoms in total. The Hall–Kier alpha value is -4.11. The van der Waals surface area contributed by atoms with Gasteiger partial charge in [0, 0.05) is 18.7 Å². The molecule has 9 heteroatoms. The Morgan fingerprint density at radius 1 is 1.00 bits per heavy atom. The van der Waals surface area contributed by atoms with Gasteiger partial charge in [0.2, 0.25) is 0 Å². The van der Waals surface area contributed by atoms with E-state index in [0.29, 0.717) is 34.7 Å². The maximum absolute atomic E-state index is 13.2. The van der Waals surface area contributed by atoms with Gasteiger partial charge >= 0.3 is 0 Å². The third kappa shape index (κ3) is 6.56. The lowest BCUT2D eigenvalue weighted by Crippen LogP contribution is -2.29. The number of thioether (sulfide) groups is 1. The fourth-order valence-electron chi connectivity index (χ4n) is 3.65. The van der Waals surface area contributed by atoms with E-state index in [4.69, 9.17) is 14.5 Å². The average molecular weight is 518 g/mol. The third-order valence-electron chi connectivity index (χ3n) is 5.42. The van der Waals surface area contributed by atoms with Crippen molar-refractivity contribution in [2.45, 2.75) is 26.9 Å². The van der Waals surface area contributed by atoms with Crippen LogP contribution in [0.4, 0.5) is 11.4 Å². The molecule has 0 atom stereocenters. The second kappa shape index (κ2) is 12.2. The number of aliphatic imine (C=N–C) groups is 1. The van der Waals surface area contributed by atoms with Crippen molar-refractivity contribution >= 4 is 40.3 Å². The summed E-state index contributed by atoms with van der Waals surface area (Å²) in [5, 5.41) is 11.5. The van der Waals surface area contributed by atoms with Crippen LogP contribution < -0.4 is 9.47 Å². The van der Waals surface area contributed by atoms with Gasteiger partial charge < -0.3 is 9.47 Å². The highest BCUT2D eigenvalue weighted by Crippen LogP contribution is 2.36. The Morgan fingerprint density at radius 2 is 1.76 bits per heavy atom. The molecule has 0 bridgehead atoms. The van der Waals surface area contributed by atoms with Crippen molar-refractivity contribution in [1.82, 2.24) is 4.90 Å². The summed E-state index contributed by atoms with van der Waals surface area (Å²) in [5.74, 6) is 1.03. The summed E-state index contributed by atoms with van der Waals surface area (Å²) < 4.78 is 11.7. The lowest BCUT2D eigenvalue weighted by Gasteiger charge is -2.14. The van der Waals surface area contributed by atoms with Gasteiger partial charge in [0.15, 0.2) is 16.7 Å². The predicted molar refractivity (Wildman–Crippen MR) is 146 cm³/mol. The molecule has 0 aliphatic carbocycles. The summed E-state index contributed by atoms with van der Waals surface area (Å²) in [6, 6.07) is 21.3. The Kier molecular flexibility index (Phi) is 8.58. The number of hydrogen-bond donors (Lipinski definition) is 0. The van der Waals surface area contributed by atoms with E-state index in [2.05, 4.69) is 0 Å². The van der Waals surface area contributed by atoms with Crippen molar-refractivity contribution in [2.24, 2.45) is 4.99 Å². The van der Waals surface area contributed by atoms with Gasteiger partial charge in [-0.15, -0.1) is 0 Å². The molecule has 1 amide bonds. The van der Waals surface area contributed by atoms with E-state index in [1.807, 2.05) is 62.4 Å². The van der Waals surface area contributed by atoms with Crippen molar-refractivity contribution < 1.29 is 19.2 Å². The number of hydrogen-bond acceptors (Lipinski definition) is 7. The molecule has 1 saturated heterocycles. The molecule has 1 fully saturated rings. The van der Waals surface area contributed by atoms with Gasteiger partial charge in [0.05, 0.1) is 22.1 Å². The predicted octanol–water partition coefficient (Wildman–Crippen LogP) is 6.59. The molecule has 0 unspecified atom stereocenters. The van der Waals surface area contributed by atoms with Crippen molar-refractivity contribution in [2.75, 3.05) is 13.2 Å². The molecule has 3 aromatic rings. The number of nitro groups is 1. The quantitative estimate of drug-likeness (QED) is 0.171. The molecule has 1 aliphatic rings. The number of rotatable bonds is 10. The highest BCUT2D eigenvalue weighted by molar-refractivity contribution is 8.18. The van der Waals surface area contributed by atoms with Crippen LogP contribution in [0.15, 0.2) is 82.7 Å². The molecule has 0 aromatic heterocycles. The van der Waals surface area contributed by atoms with Crippen LogP contribution in [0.5, 0.6) is 11.5 Å². The van der Waals surface area contributed by atoms with Crippen molar-refractivity contribution in [3.8, 4) is 11.5 Å². The van der Waals surface area contributed by atoms with Crippen LogP contribution in [0.2, 0.25) is 0 Å². The molecule has 1 heterocycles. The normalized spacial score (nSPS) is 15.4. The summed E-state index contributed by atoms with van der Waals surface area (Å²) in [7, 11) is 0. The molecule has 4 rings (SSSR count). The number of nitrogens with zero attached hydrogens (tertiary/aromatic N) is 3. The summed E-state index contributed by atoms with van der Waals surface area (Å²) >= 11 is 1.36. The highest BCUT2D eigenvalue weighted by atomic mass is 32.2. The molecule has 0 saturated carbocycles. The van der Waals surface area contributed by atoms with E-state index in [1.165, 1.54) is 23.9 Å². The van der Waals surface area contributed by atoms with Gasteiger partial charge in [-0.1, -0.05) is 31.2 Å². The molecule has 0 N–H and O–H groups in total. The van der Waals surface area contributed by atoms with E-state index in [-0.39, 0.29) is 18.2 Å². The van der Waals surface area contributed by atoms with Crippen molar-refractivity contribution in [3.05, 3.63) is 98.9 Å². The van der Waals surface area contributed by atoms with Crippen LogP contribution in [0.1, 0.15) is 31.4 Å². The monoisotopic (exact) mass is 517 g/mol. The minimum absolute atomic E-state index is 0.0324. The summed E-state index contributed by atoms with van der Waals surface area (Å²) in [5.41, 5.74) is 2.44. The van der Waals surface area contributed by atoms with Gasteiger partial charge in [-0.05, 0) is 78.7 Å². The number of nitro benzene ring substituents is 1. The number of amidine groups is 1. The Morgan fingerprint density at radius 3 is 2.43 bits per heavy atom. The molecule has 190 valence electrons. The number of carbonyl (C=O) groups is 1. The SMILES string of the molecule is CCCN1C(=O)/C(=C\c2ccc(OCc3ccc([N+](=O)[O-])cc3)c(OCC)c2)SC1=Nc1ccccc1. The van der Waals surface area contributed by atoms with Gasteiger partial charge in [-0.25, -0.2) is 4.99 Å². The maximum atomic E-state index is 13.2. The zero-order chi connectivity index (χ0) is 26.2. The van der Waals surface area contributed by atoms with Crippen LogP contribution in [0, 0.1) is 10.1 Å². The average Bonchev–Trinajstić information content (AvgIpc) is 3.18. The minimum Gasteiger partial charge on any atom is -0.490 e. The highest BCUT2D eigenvalue weighted by Gasteiger charge is 2.32. The standard InChI is InChI=1S/C28H27N3O5S/c1-3-16-30-27(32)26(37-28(30)29-22-8-6-5-7-9-22)18-21-12-15-24(25(17-21)35-4-2)36-19-20-10-13-23(14-11-20)31(33)34/h5-15,17-18H,3-4,16,19H2,1-2H3/b26-18+,29-28?. The van der Waals surface area contributed by atoms with Gasteiger partial charge in [-0.3, -0.25) is 19.8 Å². The number of ether oxygens (including phenoxy) is 2. The minimum atomic E-state index is -0.434. The van der Waals surface area contributed by atoms with Crippen molar-refractivity contribution in [1.29, 1.82) is 0 Å². The van der Waals surface area contributed by atoms with E-state index >= 15 is 0 Å². The van der Waals surface area contributed by atoms with E-state index < -0.39 is 4.92 Å². The number of non-ortho nitro benzene ring substituents is 1. The summed E-state index contributed by atoms with van der Waals surface area (Å²) in [6.07, 6.45) is 2.66. The molecule has 0 spiro atoms. The molecule has 0 radical (unpaired) electrons. The van der Waals surface area contributed by atoms with Gasteiger partial charge in [-0.2, -0.15) is 0 Å². The molecule has 3 aromatic carbocycles. The molecule has 37 heavy (non-hydrogen) atoms. The largest absolute Gasteiger partial charge is 0.490 e. The van der Waals surface area contributed by atoms with Crippen molar-refractivity contribution in [3.63, 3.8) is 0 Å². The Bertz CT molecular complexity index is 1320. The number of amides is 1. The Labute approximate surface area is 219 Å². The van der Waals surface area contributed by atoms with E-state index in [1.54, 1.807) is 23.1 Å². The van der Waals surface area contributed by atoms with Crippen LogP contribution in [-0.4, -0.2) is 34.0 Å². The lowest BCUT2D eigenvalue weighted by atomic mass is 10.1. The smallest absolute Gasteiger partial charge is 0.269 e. The molecular formula is C28H27N3O5S. The van der Waals surface area contributed by atoms with E-state index in [0.717, 1.165) is 23.2 Å². The molecule has 1 aliphatic heterocycles. The van der Waals surface area contributed by atoms with Crippen LogP contribution in [0.25, 0.3) is 6.08 Å². The first-order valence-electron chi connectivity index (χ1n) is 12.0. The second-order valence-electron chi connectivity index (χ2n) is 8.15. The fourth-order valence-corrected chi connectivity index (χ4v) is 4.68. The van der Waals surface area contributed by atoms with Gasteiger partial charge in [0.25, 0.3) is 11.6 Å². The van der Waals surface area contributed by atoms with Crippen LogP contribution >= 0.6 is 11.8 Å². The summed E-state index contributed by atoms with van der Waals surface area (Å²) in [4.78, 5) is 30.6. The topological polar surface area (TPSA) is 94.3 Å². The third-order valence-corrected chi connectivity index (χ3v) is 6.43. The first-order valence-corrected chi connectivity index (χ1v) is 12.8. The fraction of sp³-hybridized carbons (Fsp3) is 0.214. The zero-order valence-corrected chi connectivity index (χ0v) is 21.4.